The fourth-order valence-electron chi connectivity index (χ4n) is 3.87. The van der Waals surface area contributed by atoms with Crippen LogP contribution in [0.1, 0.15) is 45.3 Å². The maximum absolute atomic E-state index is 13.3. The number of para-hydroxylation sites is 1. The van der Waals surface area contributed by atoms with Gasteiger partial charge >= 0.3 is 6.18 Å². The van der Waals surface area contributed by atoms with Gasteiger partial charge in [-0.3, -0.25) is 14.4 Å². The smallest absolute Gasteiger partial charge is 0.433 e. The molecule has 1 atom stereocenters. The van der Waals surface area contributed by atoms with E-state index in [0.717, 1.165) is 6.07 Å². The van der Waals surface area contributed by atoms with E-state index < -0.39 is 42.2 Å². The van der Waals surface area contributed by atoms with Crippen LogP contribution in [0, 0.1) is 0 Å². The monoisotopic (exact) mass is 556 g/mol. The first-order chi connectivity index (χ1) is 18.9. The van der Waals surface area contributed by atoms with Crippen molar-refractivity contribution in [2.24, 2.45) is 11.5 Å². The number of carbonyl (C=O) groups is 3. The van der Waals surface area contributed by atoms with Crippen LogP contribution in [0.3, 0.4) is 0 Å². The van der Waals surface area contributed by atoms with Crippen molar-refractivity contribution in [3.8, 4) is 17.2 Å². The van der Waals surface area contributed by atoms with Gasteiger partial charge in [0, 0.05) is 10.9 Å². The molecule has 0 spiro atoms. The molecule has 14 heteroatoms. The van der Waals surface area contributed by atoms with E-state index in [0.29, 0.717) is 0 Å². The van der Waals surface area contributed by atoms with Crippen molar-refractivity contribution in [2.45, 2.75) is 19.1 Å². The average Bonchev–Trinajstić information content (AvgIpc) is 3.36. The number of aromatic nitrogens is 2. The van der Waals surface area contributed by atoms with E-state index in [4.69, 9.17) is 20.6 Å². The molecule has 0 aliphatic heterocycles. The number of nitrogens with zero attached hydrogens (tertiary/aromatic N) is 2. The summed E-state index contributed by atoms with van der Waals surface area (Å²) < 4.78 is 50.8. The van der Waals surface area contributed by atoms with Crippen molar-refractivity contribution >= 4 is 34.3 Å². The number of benzene rings is 2. The van der Waals surface area contributed by atoms with Gasteiger partial charge in [0.05, 0.1) is 30.9 Å². The largest absolute Gasteiger partial charge is 0.494 e. The Bertz CT molecular complexity index is 1620. The number of amides is 3. The van der Waals surface area contributed by atoms with Gasteiger partial charge in [0.15, 0.2) is 11.5 Å². The lowest BCUT2D eigenvalue weighted by molar-refractivity contribution is -0.141. The summed E-state index contributed by atoms with van der Waals surface area (Å²) in [6.07, 6.45) is -4.68. The molecule has 2 heterocycles. The normalized spacial score (nSPS) is 12.2. The van der Waals surface area contributed by atoms with Gasteiger partial charge in [0.1, 0.15) is 17.0 Å². The molecule has 11 nitrogen and oxygen atoms in total. The van der Waals surface area contributed by atoms with Gasteiger partial charge < -0.3 is 31.3 Å². The Balaban J connectivity index is 1.62. The standard InChI is InChI=1S/C26H23F3N6O5/c1-12(30)22-21(24(38)32-11-19(36)33-16-6-4-3-5-15(16)23(31)37)35-25(40-22)14-7-9-17(39-2)20-13(14)8-10-18(34-20)26(27,28)29/h3-10,12H,11,30H2,1-2H3,(H2,31,37)(H,32,38)(H,33,36)/t12-/m0/s1. The van der Waals surface area contributed by atoms with E-state index in [2.05, 4.69) is 20.6 Å². The number of fused-ring (bicyclic) bond motifs is 1. The molecule has 3 amide bonds. The van der Waals surface area contributed by atoms with Gasteiger partial charge in [0.25, 0.3) is 11.8 Å². The van der Waals surface area contributed by atoms with Crippen LogP contribution in [0.15, 0.2) is 52.9 Å². The van der Waals surface area contributed by atoms with E-state index in [1.807, 2.05) is 0 Å². The lowest BCUT2D eigenvalue weighted by Gasteiger charge is -2.11. The number of ether oxygens (including phenoxy) is 1. The minimum absolute atomic E-state index is 0.0178. The van der Waals surface area contributed by atoms with E-state index in [1.54, 1.807) is 12.1 Å². The van der Waals surface area contributed by atoms with Crippen LogP contribution in [-0.4, -0.2) is 41.3 Å². The zero-order valence-electron chi connectivity index (χ0n) is 21.1. The molecule has 0 aliphatic rings. The van der Waals surface area contributed by atoms with Crippen molar-refractivity contribution in [3.05, 3.63) is 71.2 Å². The topological polar surface area (TPSA) is 175 Å². The number of anilines is 1. The highest BCUT2D eigenvalue weighted by atomic mass is 19.4. The minimum atomic E-state index is -4.68. The van der Waals surface area contributed by atoms with Crippen molar-refractivity contribution in [1.82, 2.24) is 15.3 Å². The molecule has 2 aromatic heterocycles. The maximum Gasteiger partial charge on any atom is 0.433 e. The third-order valence-electron chi connectivity index (χ3n) is 5.72. The van der Waals surface area contributed by atoms with Gasteiger partial charge in [0.2, 0.25) is 11.8 Å². The Hall–Kier alpha value is -4.98. The van der Waals surface area contributed by atoms with E-state index in [-0.39, 0.29) is 50.8 Å². The van der Waals surface area contributed by atoms with Crippen molar-refractivity contribution in [3.63, 3.8) is 0 Å². The predicted molar refractivity (Wildman–Crippen MR) is 137 cm³/mol. The van der Waals surface area contributed by atoms with Crippen LogP contribution in [-0.2, 0) is 11.0 Å². The molecule has 40 heavy (non-hydrogen) atoms. The molecule has 4 rings (SSSR count). The maximum atomic E-state index is 13.3. The summed E-state index contributed by atoms with van der Waals surface area (Å²) in [5.74, 6) is -2.22. The van der Waals surface area contributed by atoms with Gasteiger partial charge in [-0.05, 0) is 43.3 Å². The lowest BCUT2D eigenvalue weighted by Crippen LogP contribution is -2.34. The third kappa shape index (κ3) is 5.71. The minimum Gasteiger partial charge on any atom is -0.494 e. The Morgan fingerprint density at radius 1 is 1.07 bits per heavy atom. The number of oxazole rings is 1. The number of primary amides is 1. The Morgan fingerprint density at radius 2 is 1.80 bits per heavy atom. The number of alkyl halides is 3. The summed E-state index contributed by atoms with van der Waals surface area (Å²) in [4.78, 5) is 44.9. The number of nitrogens with one attached hydrogen (secondary N) is 2. The molecule has 0 saturated heterocycles. The van der Waals surface area contributed by atoms with Gasteiger partial charge in [-0.2, -0.15) is 13.2 Å². The van der Waals surface area contributed by atoms with Gasteiger partial charge in [-0.1, -0.05) is 12.1 Å². The summed E-state index contributed by atoms with van der Waals surface area (Å²) >= 11 is 0. The number of halogens is 3. The highest BCUT2D eigenvalue weighted by Gasteiger charge is 2.33. The SMILES string of the molecule is COc1ccc(-c2nc(C(=O)NCC(=O)Nc3ccccc3C(N)=O)c([C@H](C)N)o2)c2ccc(C(F)(F)F)nc12. The molecule has 0 bridgehead atoms. The lowest BCUT2D eigenvalue weighted by atomic mass is 10.1. The fourth-order valence-corrected chi connectivity index (χ4v) is 3.87. The number of rotatable bonds is 8. The third-order valence-corrected chi connectivity index (χ3v) is 5.72. The first-order valence-electron chi connectivity index (χ1n) is 11.7. The first kappa shape index (κ1) is 28.0. The van der Waals surface area contributed by atoms with Gasteiger partial charge in [-0.25, -0.2) is 9.97 Å². The molecule has 0 unspecified atom stereocenters. The zero-order chi connectivity index (χ0) is 29.2. The van der Waals surface area contributed by atoms with Crippen LogP contribution >= 0.6 is 0 Å². The van der Waals surface area contributed by atoms with Crippen LogP contribution in [0.2, 0.25) is 0 Å². The van der Waals surface area contributed by atoms with Crippen molar-refractivity contribution in [2.75, 3.05) is 19.0 Å². The van der Waals surface area contributed by atoms with E-state index in [9.17, 15) is 27.6 Å². The molecule has 0 radical (unpaired) electrons. The Kier molecular flexibility index (Phi) is 7.72. The average molecular weight is 557 g/mol. The fraction of sp³-hybridized carbons (Fsp3) is 0.192. The van der Waals surface area contributed by atoms with Crippen LogP contribution in [0.4, 0.5) is 18.9 Å². The van der Waals surface area contributed by atoms with Crippen molar-refractivity contribution in [1.29, 1.82) is 0 Å². The summed E-state index contributed by atoms with van der Waals surface area (Å²) in [6.45, 7) is 1.04. The van der Waals surface area contributed by atoms with Crippen molar-refractivity contribution < 1.29 is 36.7 Å². The molecule has 4 aromatic rings. The molecule has 208 valence electrons. The second-order valence-corrected chi connectivity index (χ2v) is 8.57. The molecule has 2 aromatic carbocycles. The Morgan fingerprint density at radius 3 is 2.45 bits per heavy atom. The number of hydrogen-bond donors (Lipinski definition) is 4. The number of nitrogens with two attached hydrogens (primary N) is 2. The summed E-state index contributed by atoms with van der Waals surface area (Å²) in [5, 5.41) is 5.12. The molecule has 0 saturated carbocycles. The van der Waals surface area contributed by atoms with E-state index >= 15 is 0 Å². The number of pyridine rings is 1. The van der Waals surface area contributed by atoms with E-state index in [1.165, 1.54) is 44.4 Å². The van der Waals surface area contributed by atoms with Crippen LogP contribution in [0.5, 0.6) is 5.75 Å². The highest BCUT2D eigenvalue weighted by Crippen LogP contribution is 2.37. The molecular weight excluding hydrogens is 533 g/mol. The summed E-state index contributed by atoms with van der Waals surface area (Å²) in [7, 11) is 1.29. The predicted octanol–water partition coefficient (Wildman–Crippen LogP) is 3.40. The first-order valence-corrected chi connectivity index (χ1v) is 11.7. The Labute approximate surface area is 224 Å². The second kappa shape index (κ2) is 11.0. The molecule has 0 aliphatic carbocycles. The quantitative estimate of drug-likeness (QED) is 0.255. The highest BCUT2D eigenvalue weighted by molar-refractivity contribution is 6.05. The molecule has 6 N–H and O–H groups in total. The summed E-state index contributed by atoms with van der Waals surface area (Å²) in [6, 6.07) is 10.2. The number of hydrogen-bond acceptors (Lipinski definition) is 8. The molecule has 0 fully saturated rings. The zero-order valence-corrected chi connectivity index (χ0v) is 21.1. The molecular formula is C26H23F3N6O5. The summed E-state index contributed by atoms with van der Waals surface area (Å²) in [5.41, 5.74) is 10.4. The van der Waals surface area contributed by atoms with Gasteiger partial charge in [-0.15, -0.1) is 0 Å². The number of carbonyl (C=O) groups excluding carboxylic acids is 3. The number of methoxy groups -OCH3 is 1. The van der Waals surface area contributed by atoms with Crippen LogP contribution in [0.25, 0.3) is 22.4 Å². The second-order valence-electron chi connectivity index (χ2n) is 8.57. The van der Waals surface area contributed by atoms with Crippen LogP contribution < -0.4 is 26.8 Å².